The van der Waals surface area contributed by atoms with E-state index in [0.29, 0.717) is 6.42 Å². The van der Waals surface area contributed by atoms with Crippen LogP contribution in [0.2, 0.25) is 0 Å². The molecule has 0 aromatic heterocycles. The third-order valence-corrected chi connectivity index (χ3v) is 2.30. The summed E-state index contributed by atoms with van der Waals surface area (Å²) >= 11 is 0. The molecular formula is C10H16F3NO4. The topological polar surface area (TPSA) is 64.6 Å². The molecule has 1 N–H and O–H groups in total. The van der Waals surface area contributed by atoms with E-state index in [9.17, 15) is 22.8 Å². The maximum Gasteiger partial charge on any atom is 0.422 e. The van der Waals surface area contributed by atoms with Crippen LogP contribution in [-0.4, -0.2) is 38.0 Å². The van der Waals surface area contributed by atoms with Crippen molar-refractivity contribution in [1.29, 1.82) is 0 Å². The minimum atomic E-state index is -4.60. The van der Waals surface area contributed by atoms with Crippen LogP contribution in [0.15, 0.2) is 0 Å². The van der Waals surface area contributed by atoms with E-state index in [0.717, 1.165) is 7.11 Å². The first kappa shape index (κ1) is 16.5. The Morgan fingerprint density at radius 2 is 1.89 bits per heavy atom. The Hall–Kier alpha value is -1.47. The first-order valence-corrected chi connectivity index (χ1v) is 5.29. The first-order valence-electron chi connectivity index (χ1n) is 5.29. The van der Waals surface area contributed by atoms with Crippen molar-refractivity contribution >= 4 is 12.1 Å². The minimum Gasteiger partial charge on any atom is -0.454 e. The second-order valence-corrected chi connectivity index (χ2v) is 3.72. The summed E-state index contributed by atoms with van der Waals surface area (Å²) in [6.45, 7) is 1.66. The van der Waals surface area contributed by atoms with E-state index < -0.39 is 30.9 Å². The summed E-state index contributed by atoms with van der Waals surface area (Å²) < 4.78 is 44.1. The van der Waals surface area contributed by atoms with Gasteiger partial charge < -0.3 is 14.8 Å². The van der Waals surface area contributed by atoms with Crippen molar-refractivity contribution in [3.05, 3.63) is 0 Å². The Morgan fingerprint density at radius 3 is 2.28 bits per heavy atom. The molecule has 0 aliphatic carbocycles. The fourth-order valence-electron chi connectivity index (χ4n) is 1.10. The predicted octanol–water partition coefficient (Wildman–Crippen LogP) is 1.86. The number of amides is 1. The van der Waals surface area contributed by atoms with Gasteiger partial charge in [-0.1, -0.05) is 20.3 Å². The van der Waals surface area contributed by atoms with E-state index in [1.165, 1.54) is 0 Å². The number of esters is 1. The van der Waals surface area contributed by atoms with Crippen LogP contribution in [0.3, 0.4) is 0 Å². The number of rotatable bonds is 5. The lowest BCUT2D eigenvalue weighted by Crippen LogP contribution is -2.46. The number of hydrogen-bond acceptors (Lipinski definition) is 4. The summed E-state index contributed by atoms with van der Waals surface area (Å²) in [5.41, 5.74) is 0. The molecular weight excluding hydrogens is 255 g/mol. The Labute approximate surface area is 103 Å². The van der Waals surface area contributed by atoms with Gasteiger partial charge in [-0.25, -0.2) is 9.59 Å². The average Bonchev–Trinajstić information content (AvgIpc) is 2.30. The first-order chi connectivity index (χ1) is 8.21. The largest absolute Gasteiger partial charge is 0.454 e. The van der Waals surface area contributed by atoms with Gasteiger partial charge in [-0.15, -0.1) is 0 Å². The number of methoxy groups -OCH3 is 1. The van der Waals surface area contributed by atoms with Gasteiger partial charge >= 0.3 is 18.2 Å². The molecule has 0 aromatic rings. The Balaban J connectivity index is 4.55. The standard InChI is InChI=1S/C10H16F3NO4/c1-4-6(2)7(14-9(16)17-3)8(15)18-5-10(11,12)13/h6-7H,4-5H2,1-3H3,(H,14,16). The van der Waals surface area contributed by atoms with Gasteiger partial charge in [0.1, 0.15) is 6.04 Å². The molecule has 0 aliphatic heterocycles. The highest BCUT2D eigenvalue weighted by Gasteiger charge is 2.33. The summed E-state index contributed by atoms with van der Waals surface area (Å²) in [5.74, 6) is -1.50. The van der Waals surface area contributed by atoms with Crippen LogP contribution in [0, 0.1) is 5.92 Å². The Morgan fingerprint density at radius 1 is 1.33 bits per heavy atom. The fraction of sp³-hybridized carbons (Fsp3) is 0.800. The molecule has 0 fully saturated rings. The summed E-state index contributed by atoms with van der Waals surface area (Å²) in [5, 5.41) is 2.15. The maximum atomic E-state index is 11.9. The lowest BCUT2D eigenvalue weighted by atomic mass is 9.99. The second kappa shape index (κ2) is 7.07. The van der Waals surface area contributed by atoms with E-state index in [-0.39, 0.29) is 5.92 Å². The van der Waals surface area contributed by atoms with Crippen LogP contribution in [0.4, 0.5) is 18.0 Å². The molecule has 18 heavy (non-hydrogen) atoms. The van der Waals surface area contributed by atoms with Gasteiger partial charge in [-0.05, 0) is 5.92 Å². The van der Waals surface area contributed by atoms with E-state index >= 15 is 0 Å². The van der Waals surface area contributed by atoms with Gasteiger partial charge in [0.05, 0.1) is 7.11 Å². The van der Waals surface area contributed by atoms with Gasteiger partial charge in [-0.3, -0.25) is 0 Å². The lowest BCUT2D eigenvalue weighted by Gasteiger charge is -2.22. The zero-order chi connectivity index (χ0) is 14.3. The summed E-state index contributed by atoms with van der Waals surface area (Å²) in [4.78, 5) is 22.4. The minimum absolute atomic E-state index is 0.371. The number of carbonyl (C=O) groups excluding carboxylic acids is 2. The summed E-state index contributed by atoms with van der Waals surface area (Å²) in [6, 6.07) is -1.16. The van der Waals surface area contributed by atoms with Gasteiger partial charge in [-0.2, -0.15) is 13.2 Å². The molecule has 5 nitrogen and oxygen atoms in total. The number of ether oxygens (including phenoxy) is 2. The molecule has 2 atom stereocenters. The number of halogens is 3. The molecule has 0 spiro atoms. The van der Waals surface area contributed by atoms with Gasteiger partial charge in [0.25, 0.3) is 0 Å². The van der Waals surface area contributed by atoms with Crippen LogP contribution in [0.5, 0.6) is 0 Å². The number of alkyl halides is 3. The van der Waals surface area contributed by atoms with Gasteiger partial charge in [0.2, 0.25) is 0 Å². The molecule has 1 amide bonds. The molecule has 8 heteroatoms. The quantitative estimate of drug-likeness (QED) is 0.775. The van der Waals surface area contributed by atoms with Crippen molar-refractivity contribution in [3.63, 3.8) is 0 Å². The Bertz CT molecular complexity index is 293. The highest BCUT2D eigenvalue weighted by Crippen LogP contribution is 2.16. The monoisotopic (exact) mass is 271 g/mol. The van der Waals surface area contributed by atoms with Crippen LogP contribution in [0.25, 0.3) is 0 Å². The summed E-state index contributed by atoms with van der Waals surface area (Å²) in [6.07, 6.45) is -5.01. The molecule has 2 unspecified atom stereocenters. The molecule has 0 rings (SSSR count). The molecule has 0 saturated heterocycles. The zero-order valence-electron chi connectivity index (χ0n) is 10.3. The van der Waals surface area contributed by atoms with Crippen molar-refractivity contribution in [1.82, 2.24) is 5.32 Å². The average molecular weight is 271 g/mol. The molecule has 0 aliphatic rings. The van der Waals surface area contributed by atoms with Crippen LogP contribution < -0.4 is 5.32 Å². The molecule has 0 radical (unpaired) electrons. The van der Waals surface area contributed by atoms with Crippen LogP contribution in [0.1, 0.15) is 20.3 Å². The van der Waals surface area contributed by atoms with E-state index in [1.54, 1.807) is 13.8 Å². The molecule has 0 saturated carbocycles. The number of nitrogens with one attached hydrogen (secondary N) is 1. The second-order valence-electron chi connectivity index (χ2n) is 3.72. The molecule has 0 bridgehead atoms. The zero-order valence-corrected chi connectivity index (χ0v) is 10.3. The number of alkyl carbamates (subject to hydrolysis) is 1. The SMILES string of the molecule is CCC(C)C(NC(=O)OC)C(=O)OCC(F)(F)F. The van der Waals surface area contributed by atoms with Gasteiger partial charge in [0, 0.05) is 0 Å². The number of carbonyl (C=O) groups is 2. The van der Waals surface area contributed by atoms with E-state index in [2.05, 4.69) is 14.8 Å². The summed E-state index contributed by atoms with van der Waals surface area (Å²) in [7, 11) is 1.09. The predicted molar refractivity (Wildman–Crippen MR) is 55.8 cm³/mol. The van der Waals surface area contributed by atoms with E-state index in [4.69, 9.17) is 0 Å². The van der Waals surface area contributed by atoms with Crippen molar-refractivity contribution < 1.29 is 32.2 Å². The van der Waals surface area contributed by atoms with Crippen molar-refractivity contribution in [2.24, 2.45) is 5.92 Å². The normalized spacial score (nSPS) is 14.6. The smallest absolute Gasteiger partial charge is 0.422 e. The maximum absolute atomic E-state index is 11.9. The van der Waals surface area contributed by atoms with E-state index in [1.807, 2.05) is 0 Å². The Kier molecular flexibility index (Phi) is 6.50. The van der Waals surface area contributed by atoms with Crippen LogP contribution >= 0.6 is 0 Å². The fourth-order valence-corrected chi connectivity index (χ4v) is 1.10. The third-order valence-electron chi connectivity index (χ3n) is 2.30. The molecule has 106 valence electrons. The van der Waals surface area contributed by atoms with Crippen molar-refractivity contribution in [2.45, 2.75) is 32.5 Å². The van der Waals surface area contributed by atoms with Crippen LogP contribution in [-0.2, 0) is 14.3 Å². The molecule has 0 heterocycles. The highest BCUT2D eigenvalue weighted by molar-refractivity contribution is 5.81. The lowest BCUT2D eigenvalue weighted by molar-refractivity contribution is -0.188. The molecule has 0 aromatic carbocycles. The van der Waals surface area contributed by atoms with Crippen molar-refractivity contribution in [2.75, 3.05) is 13.7 Å². The highest BCUT2D eigenvalue weighted by atomic mass is 19.4. The third kappa shape index (κ3) is 6.31. The number of hydrogen-bond donors (Lipinski definition) is 1. The van der Waals surface area contributed by atoms with Gasteiger partial charge in [0.15, 0.2) is 6.61 Å². The van der Waals surface area contributed by atoms with Crippen molar-refractivity contribution in [3.8, 4) is 0 Å².